The molecule has 1 fully saturated rings. The van der Waals surface area contributed by atoms with Crippen molar-refractivity contribution in [1.82, 2.24) is 5.32 Å². The Balaban J connectivity index is 2.11. The number of nitrogens with one attached hydrogen (secondary N) is 1. The summed E-state index contributed by atoms with van der Waals surface area (Å²) in [6.45, 7) is 4.42. The van der Waals surface area contributed by atoms with Gasteiger partial charge in [0, 0.05) is 17.9 Å². The van der Waals surface area contributed by atoms with Gasteiger partial charge in [0.05, 0.1) is 4.47 Å². The average molecular weight is 316 g/mol. The zero-order valence-electron chi connectivity index (χ0n) is 11.0. The first-order chi connectivity index (χ1) is 8.51. The van der Waals surface area contributed by atoms with Crippen molar-refractivity contribution in [1.29, 1.82) is 0 Å². The normalized spacial score (nSPS) is 30.9. The molecule has 0 heterocycles. The highest BCUT2D eigenvalue weighted by atomic mass is 79.9. The predicted octanol–water partition coefficient (Wildman–Crippen LogP) is 3.74. The fourth-order valence-electron chi connectivity index (χ4n) is 2.64. The summed E-state index contributed by atoms with van der Waals surface area (Å²) in [6.07, 6.45) is 2.23. The van der Waals surface area contributed by atoms with Crippen molar-refractivity contribution in [3.05, 3.63) is 28.5 Å². The minimum Gasteiger partial charge on any atom is -0.489 e. The Labute approximate surface area is 116 Å². The van der Waals surface area contributed by atoms with Gasteiger partial charge in [-0.15, -0.1) is 0 Å². The first kappa shape index (κ1) is 13.8. The number of hydrogen-bond acceptors (Lipinski definition) is 2. The molecule has 1 aliphatic carbocycles. The van der Waals surface area contributed by atoms with Crippen LogP contribution in [-0.2, 0) is 0 Å². The molecule has 1 aromatic rings. The van der Waals surface area contributed by atoms with Crippen LogP contribution < -0.4 is 10.1 Å². The summed E-state index contributed by atoms with van der Waals surface area (Å²) < 4.78 is 19.7. The summed E-state index contributed by atoms with van der Waals surface area (Å²) in [6, 6.07) is 5.04. The van der Waals surface area contributed by atoms with Crippen LogP contribution in [-0.4, -0.2) is 19.2 Å². The monoisotopic (exact) mass is 315 g/mol. The molecule has 2 rings (SSSR count). The molecular formula is C14H19BrFNO. The number of benzene rings is 1. The lowest BCUT2D eigenvalue weighted by Gasteiger charge is -2.53. The Morgan fingerprint density at radius 3 is 2.83 bits per heavy atom. The third-order valence-corrected chi connectivity index (χ3v) is 4.87. The van der Waals surface area contributed by atoms with E-state index in [4.69, 9.17) is 4.74 Å². The smallest absolute Gasteiger partial charge is 0.134 e. The van der Waals surface area contributed by atoms with Gasteiger partial charge < -0.3 is 10.1 Å². The van der Waals surface area contributed by atoms with Crippen molar-refractivity contribution >= 4 is 15.9 Å². The van der Waals surface area contributed by atoms with E-state index in [2.05, 4.69) is 35.1 Å². The second kappa shape index (κ2) is 5.17. The minimum absolute atomic E-state index is 0.141. The highest BCUT2D eigenvalue weighted by molar-refractivity contribution is 9.10. The van der Waals surface area contributed by atoms with Crippen molar-refractivity contribution in [3.63, 3.8) is 0 Å². The molecule has 1 aromatic carbocycles. The van der Waals surface area contributed by atoms with Gasteiger partial charge in [0.25, 0.3) is 0 Å². The van der Waals surface area contributed by atoms with Gasteiger partial charge in [-0.25, -0.2) is 4.39 Å². The molecule has 1 N–H and O–H groups in total. The van der Waals surface area contributed by atoms with Crippen molar-refractivity contribution < 1.29 is 9.13 Å². The van der Waals surface area contributed by atoms with E-state index in [1.807, 2.05) is 7.05 Å². The molecule has 1 aliphatic rings. The molecule has 4 heteroatoms. The molecule has 100 valence electrons. The van der Waals surface area contributed by atoms with Crippen LogP contribution in [0.25, 0.3) is 0 Å². The number of ether oxygens (including phenoxy) is 1. The van der Waals surface area contributed by atoms with E-state index in [-0.39, 0.29) is 17.3 Å². The molecule has 0 saturated heterocycles. The topological polar surface area (TPSA) is 21.3 Å². The number of halogens is 2. The zero-order valence-corrected chi connectivity index (χ0v) is 12.6. The maximum absolute atomic E-state index is 13.0. The summed E-state index contributed by atoms with van der Waals surface area (Å²) in [5.74, 6) is 0.463. The Morgan fingerprint density at radius 2 is 2.28 bits per heavy atom. The molecule has 0 aromatic heterocycles. The lowest BCUT2D eigenvalue weighted by molar-refractivity contribution is -0.0681. The van der Waals surface area contributed by atoms with E-state index in [1.165, 1.54) is 12.1 Å². The van der Waals surface area contributed by atoms with Gasteiger partial charge >= 0.3 is 0 Å². The summed E-state index contributed by atoms with van der Waals surface area (Å²) >= 11 is 3.34. The van der Waals surface area contributed by atoms with E-state index in [0.717, 1.165) is 18.6 Å². The van der Waals surface area contributed by atoms with Crippen LogP contribution in [0.2, 0.25) is 0 Å². The maximum atomic E-state index is 13.0. The van der Waals surface area contributed by atoms with Crippen LogP contribution in [0.15, 0.2) is 22.7 Å². The fourth-order valence-corrected chi connectivity index (χ4v) is 3.09. The van der Waals surface area contributed by atoms with Gasteiger partial charge in [0.15, 0.2) is 0 Å². The van der Waals surface area contributed by atoms with E-state index in [9.17, 15) is 4.39 Å². The lowest BCUT2D eigenvalue weighted by Crippen LogP contribution is -2.62. The van der Waals surface area contributed by atoms with Crippen LogP contribution in [0.5, 0.6) is 5.75 Å². The number of hydrogen-bond donors (Lipinski definition) is 1. The summed E-state index contributed by atoms with van der Waals surface area (Å²) in [5.41, 5.74) is 0.141. The second-order valence-corrected chi connectivity index (χ2v) is 5.97. The average Bonchev–Trinajstić information content (AvgIpc) is 2.35. The van der Waals surface area contributed by atoms with E-state index >= 15 is 0 Å². The largest absolute Gasteiger partial charge is 0.489 e. The third kappa shape index (κ3) is 2.28. The molecule has 0 aliphatic heterocycles. The van der Waals surface area contributed by atoms with Gasteiger partial charge in [-0.1, -0.05) is 13.8 Å². The molecule has 3 atom stereocenters. The second-order valence-electron chi connectivity index (χ2n) is 5.12. The molecule has 0 amide bonds. The van der Waals surface area contributed by atoms with Crippen LogP contribution in [0.4, 0.5) is 4.39 Å². The number of rotatable bonds is 4. The van der Waals surface area contributed by atoms with E-state index in [0.29, 0.717) is 10.5 Å². The SMILES string of the molecule is CCC1(C)C(NC)CC1Oc1ccc(F)cc1Br. The van der Waals surface area contributed by atoms with Crippen molar-refractivity contribution in [3.8, 4) is 5.75 Å². The first-order valence-electron chi connectivity index (χ1n) is 6.30. The quantitative estimate of drug-likeness (QED) is 0.913. The predicted molar refractivity (Wildman–Crippen MR) is 74.4 cm³/mol. The van der Waals surface area contributed by atoms with Crippen molar-refractivity contribution in [2.24, 2.45) is 5.41 Å². The molecule has 0 spiro atoms. The zero-order chi connectivity index (χ0) is 13.3. The van der Waals surface area contributed by atoms with Gasteiger partial charge in [-0.05, 0) is 47.6 Å². The van der Waals surface area contributed by atoms with Gasteiger partial charge in [0.2, 0.25) is 0 Å². The third-order valence-electron chi connectivity index (χ3n) is 4.25. The van der Waals surface area contributed by atoms with Crippen molar-refractivity contribution in [2.45, 2.75) is 38.8 Å². The molecule has 2 nitrogen and oxygen atoms in total. The lowest BCUT2D eigenvalue weighted by atomic mass is 9.61. The minimum atomic E-state index is -0.255. The van der Waals surface area contributed by atoms with Gasteiger partial charge in [0.1, 0.15) is 17.7 Å². The standard InChI is InChI=1S/C14H19BrFNO/c1-4-14(2)12(17-3)8-13(14)18-11-6-5-9(16)7-10(11)15/h5-7,12-13,17H,4,8H2,1-3H3. The highest BCUT2D eigenvalue weighted by Gasteiger charge is 2.51. The Bertz CT molecular complexity index is 440. The van der Waals surface area contributed by atoms with E-state index in [1.54, 1.807) is 6.07 Å². The molecule has 18 heavy (non-hydrogen) atoms. The van der Waals surface area contributed by atoms with Crippen LogP contribution in [0, 0.1) is 11.2 Å². The van der Waals surface area contributed by atoms with Crippen LogP contribution >= 0.6 is 15.9 Å². The van der Waals surface area contributed by atoms with Crippen LogP contribution in [0.3, 0.4) is 0 Å². The molecule has 1 saturated carbocycles. The van der Waals surface area contributed by atoms with Crippen LogP contribution in [0.1, 0.15) is 26.7 Å². The van der Waals surface area contributed by atoms with E-state index < -0.39 is 0 Å². The highest BCUT2D eigenvalue weighted by Crippen LogP contribution is 2.46. The van der Waals surface area contributed by atoms with Crippen molar-refractivity contribution in [2.75, 3.05) is 7.05 Å². The summed E-state index contributed by atoms with van der Waals surface area (Å²) in [4.78, 5) is 0. The molecule has 3 unspecified atom stereocenters. The molecule has 0 radical (unpaired) electrons. The van der Waals surface area contributed by atoms with Gasteiger partial charge in [-0.2, -0.15) is 0 Å². The summed E-state index contributed by atoms with van der Waals surface area (Å²) in [7, 11) is 1.99. The Kier molecular flexibility index (Phi) is 3.97. The fraction of sp³-hybridized carbons (Fsp3) is 0.571. The molecule has 0 bridgehead atoms. The van der Waals surface area contributed by atoms with Gasteiger partial charge in [-0.3, -0.25) is 0 Å². The first-order valence-corrected chi connectivity index (χ1v) is 7.09. The Hall–Kier alpha value is -0.610. The summed E-state index contributed by atoms with van der Waals surface area (Å²) in [5, 5.41) is 3.33. The maximum Gasteiger partial charge on any atom is 0.134 e. The Morgan fingerprint density at radius 1 is 1.56 bits per heavy atom. The molecular weight excluding hydrogens is 297 g/mol.